The van der Waals surface area contributed by atoms with Crippen molar-refractivity contribution >= 4 is 0 Å². The van der Waals surface area contributed by atoms with Crippen LogP contribution in [0.2, 0.25) is 0 Å². The molecule has 2 aliphatic rings. The quantitative estimate of drug-likeness (QED) is 0.720. The fraction of sp³-hybridized carbons (Fsp3) is 1.00. The normalized spacial score (nSPS) is 35.8. The molecule has 114 valence electrons. The van der Waals surface area contributed by atoms with Crippen molar-refractivity contribution in [2.45, 2.75) is 85.7 Å². The van der Waals surface area contributed by atoms with Crippen LogP contribution in [0, 0.1) is 29.6 Å². The number of hydrogen-bond acceptors (Lipinski definition) is 1. The molecule has 2 rings (SSSR count). The highest BCUT2D eigenvalue weighted by atomic mass is 16.3. The molecule has 1 N–H and O–H groups in total. The van der Waals surface area contributed by atoms with Crippen LogP contribution in [-0.4, -0.2) is 11.2 Å². The lowest BCUT2D eigenvalue weighted by molar-refractivity contribution is 0.0309. The predicted octanol–water partition coefficient (Wildman–Crippen LogP) is 5.27. The van der Waals surface area contributed by atoms with Gasteiger partial charge in [-0.1, -0.05) is 53.9 Å². The van der Waals surface area contributed by atoms with E-state index in [1.807, 2.05) is 0 Å². The fourth-order valence-corrected chi connectivity index (χ4v) is 4.58. The Morgan fingerprint density at radius 2 is 1.68 bits per heavy atom. The van der Waals surface area contributed by atoms with Crippen LogP contribution in [0.5, 0.6) is 0 Å². The first-order chi connectivity index (χ1) is 8.59. The first-order valence-corrected chi connectivity index (χ1v) is 8.27. The van der Waals surface area contributed by atoms with Crippen molar-refractivity contribution in [2.24, 2.45) is 29.6 Å². The minimum absolute atomic E-state index is 0. The van der Waals surface area contributed by atoms with Gasteiger partial charge in [-0.15, -0.1) is 0 Å². The molecule has 0 spiro atoms. The summed E-state index contributed by atoms with van der Waals surface area (Å²) >= 11 is 0. The fourth-order valence-electron chi connectivity index (χ4n) is 4.58. The second kappa shape index (κ2) is 7.67. The molecule has 5 atom stereocenters. The predicted molar refractivity (Wildman–Crippen MR) is 84.1 cm³/mol. The van der Waals surface area contributed by atoms with Crippen molar-refractivity contribution in [2.75, 3.05) is 0 Å². The standard InChI is InChI=1S/C17H32O.CH4/c1-12(2)6-4-7-13(3)14-10-11-16-15(14)8-5-9-17(16)18;/h12-18H,4-11H2,1-3H3;1H4/t13-,14+,15?,16+,17-;/m0./s1. The highest BCUT2D eigenvalue weighted by molar-refractivity contribution is 4.93. The zero-order valence-electron chi connectivity index (χ0n) is 12.6. The minimum atomic E-state index is 0. The summed E-state index contributed by atoms with van der Waals surface area (Å²) in [6.07, 6.45) is 10.6. The lowest BCUT2D eigenvalue weighted by atomic mass is 9.72. The number of rotatable bonds is 5. The molecule has 0 amide bonds. The van der Waals surface area contributed by atoms with Gasteiger partial charge in [-0.3, -0.25) is 0 Å². The summed E-state index contributed by atoms with van der Waals surface area (Å²) in [5.74, 6) is 4.14. The maximum absolute atomic E-state index is 10.1. The summed E-state index contributed by atoms with van der Waals surface area (Å²) < 4.78 is 0. The van der Waals surface area contributed by atoms with Crippen LogP contribution < -0.4 is 0 Å². The Bertz CT molecular complexity index is 248. The Morgan fingerprint density at radius 3 is 2.37 bits per heavy atom. The number of fused-ring (bicyclic) bond motifs is 1. The molecule has 0 aromatic heterocycles. The van der Waals surface area contributed by atoms with Gasteiger partial charge in [0.25, 0.3) is 0 Å². The van der Waals surface area contributed by atoms with Crippen LogP contribution in [0.1, 0.15) is 79.6 Å². The molecule has 19 heavy (non-hydrogen) atoms. The van der Waals surface area contributed by atoms with Gasteiger partial charge in [0.1, 0.15) is 0 Å². The zero-order chi connectivity index (χ0) is 13.1. The van der Waals surface area contributed by atoms with E-state index in [4.69, 9.17) is 0 Å². The van der Waals surface area contributed by atoms with Gasteiger partial charge in [-0.2, -0.15) is 0 Å². The van der Waals surface area contributed by atoms with Crippen molar-refractivity contribution in [3.8, 4) is 0 Å². The number of aliphatic hydroxyl groups is 1. The van der Waals surface area contributed by atoms with Crippen molar-refractivity contribution in [3.63, 3.8) is 0 Å². The molecule has 0 aromatic rings. The maximum atomic E-state index is 10.1. The van der Waals surface area contributed by atoms with E-state index < -0.39 is 0 Å². The van der Waals surface area contributed by atoms with E-state index in [2.05, 4.69) is 20.8 Å². The number of aliphatic hydroxyl groups excluding tert-OH is 1. The van der Waals surface area contributed by atoms with Gasteiger partial charge in [-0.25, -0.2) is 0 Å². The van der Waals surface area contributed by atoms with E-state index in [9.17, 15) is 5.11 Å². The molecule has 2 aliphatic carbocycles. The van der Waals surface area contributed by atoms with Gasteiger partial charge in [0.05, 0.1) is 6.10 Å². The molecule has 0 aromatic carbocycles. The van der Waals surface area contributed by atoms with Crippen molar-refractivity contribution < 1.29 is 5.11 Å². The van der Waals surface area contributed by atoms with Crippen LogP contribution in [-0.2, 0) is 0 Å². The van der Waals surface area contributed by atoms with E-state index in [0.717, 1.165) is 30.1 Å². The Hall–Kier alpha value is -0.0400. The molecule has 1 unspecified atom stereocenters. The molecule has 0 bridgehead atoms. The van der Waals surface area contributed by atoms with Crippen molar-refractivity contribution in [3.05, 3.63) is 0 Å². The third-order valence-corrected chi connectivity index (χ3v) is 5.64. The van der Waals surface area contributed by atoms with Crippen LogP contribution in [0.25, 0.3) is 0 Å². The summed E-state index contributed by atoms with van der Waals surface area (Å²) in [6, 6.07) is 0. The minimum Gasteiger partial charge on any atom is -0.393 e. The summed E-state index contributed by atoms with van der Waals surface area (Å²) in [7, 11) is 0. The van der Waals surface area contributed by atoms with E-state index >= 15 is 0 Å². The Kier molecular flexibility index (Phi) is 6.86. The average molecular weight is 268 g/mol. The third kappa shape index (κ3) is 4.21. The number of hydrogen-bond donors (Lipinski definition) is 1. The molecule has 0 aliphatic heterocycles. The molecular formula is C18H36O. The summed E-state index contributed by atoms with van der Waals surface area (Å²) in [4.78, 5) is 0. The summed E-state index contributed by atoms with van der Waals surface area (Å²) in [5, 5.41) is 10.1. The topological polar surface area (TPSA) is 20.2 Å². The van der Waals surface area contributed by atoms with Crippen LogP contribution >= 0.6 is 0 Å². The monoisotopic (exact) mass is 268 g/mol. The second-order valence-corrected chi connectivity index (χ2v) is 7.37. The SMILES string of the molecule is C.CC(C)CCC[C@H](C)[C@H]1CC[C@@H]2C1CCC[C@@H]2O. The van der Waals surface area contributed by atoms with E-state index in [1.165, 1.54) is 44.9 Å². The highest BCUT2D eigenvalue weighted by Crippen LogP contribution is 2.49. The van der Waals surface area contributed by atoms with Gasteiger partial charge in [0.2, 0.25) is 0 Å². The maximum Gasteiger partial charge on any atom is 0.0571 e. The van der Waals surface area contributed by atoms with Gasteiger partial charge in [0, 0.05) is 0 Å². The Morgan fingerprint density at radius 1 is 0.947 bits per heavy atom. The van der Waals surface area contributed by atoms with Crippen molar-refractivity contribution in [1.29, 1.82) is 0 Å². The van der Waals surface area contributed by atoms with Gasteiger partial charge < -0.3 is 5.11 Å². The lowest BCUT2D eigenvalue weighted by Crippen LogP contribution is -2.32. The Balaban J connectivity index is 0.00000180. The molecule has 0 saturated heterocycles. The summed E-state index contributed by atoms with van der Waals surface area (Å²) in [5.41, 5.74) is 0. The molecule has 2 fully saturated rings. The van der Waals surface area contributed by atoms with E-state index in [-0.39, 0.29) is 13.5 Å². The first kappa shape index (κ1) is 17.0. The van der Waals surface area contributed by atoms with Crippen LogP contribution in [0.15, 0.2) is 0 Å². The lowest BCUT2D eigenvalue weighted by Gasteiger charge is -2.35. The molecule has 0 radical (unpaired) electrons. The molecular weight excluding hydrogens is 232 g/mol. The third-order valence-electron chi connectivity index (χ3n) is 5.64. The smallest absolute Gasteiger partial charge is 0.0571 e. The van der Waals surface area contributed by atoms with E-state index in [0.29, 0.717) is 5.92 Å². The van der Waals surface area contributed by atoms with Gasteiger partial charge >= 0.3 is 0 Å². The van der Waals surface area contributed by atoms with Gasteiger partial charge in [0.15, 0.2) is 0 Å². The van der Waals surface area contributed by atoms with E-state index in [1.54, 1.807) is 0 Å². The molecule has 1 heteroatoms. The van der Waals surface area contributed by atoms with Crippen molar-refractivity contribution in [1.82, 2.24) is 0 Å². The highest BCUT2D eigenvalue weighted by Gasteiger charge is 2.43. The van der Waals surface area contributed by atoms with Crippen LogP contribution in [0.3, 0.4) is 0 Å². The molecule has 1 nitrogen and oxygen atoms in total. The molecule has 2 saturated carbocycles. The Labute approximate surface area is 121 Å². The largest absolute Gasteiger partial charge is 0.393 e. The van der Waals surface area contributed by atoms with Crippen LogP contribution in [0.4, 0.5) is 0 Å². The average Bonchev–Trinajstić information content (AvgIpc) is 2.73. The zero-order valence-corrected chi connectivity index (χ0v) is 12.6. The second-order valence-electron chi connectivity index (χ2n) is 7.37. The van der Waals surface area contributed by atoms with Gasteiger partial charge in [-0.05, 0) is 55.3 Å². The molecule has 0 heterocycles. The summed E-state index contributed by atoms with van der Waals surface area (Å²) in [6.45, 7) is 7.12. The first-order valence-electron chi connectivity index (χ1n) is 8.27.